The normalized spacial score (nSPS) is 12.8. The topological polar surface area (TPSA) is 75.7 Å². The number of esters is 1. The van der Waals surface area contributed by atoms with Crippen LogP contribution in [0.25, 0.3) is 0 Å². The maximum atomic E-state index is 13.4. The second kappa shape index (κ2) is 8.27. The first kappa shape index (κ1) is 23.6. The number of carbonyl (C=O) groups excluding carboxylic acids is 2. The molecule has 158 valence electrons. The molecule has 0 aliphatic heterocycles. The number of benzene rings is 1. The fraction of sp³-hybridized carbons (Fsp3) is 0.529. The molecule has 0 saturated heterocycles. The average molecular weight is 415 g/mol. The van der Waals surface area contributed by atoms with Gasteiger partial charge in [0.2, 0.25) is 0 Å². The van der Waals surface area contributed by atoms with Gasteiger partial charge < -0.3 is 19.4 Å². The predicted octanol–water partition coefficient (Wildman–Crippen LogP) is 2.70. The van der Waals surface area contributed by atoms with E-state index < -0.39 is 42.9 Å². The lowest BCUT2D eigenvalue weighted by atomic mass is 10.0. The van der Waals surface area contributed by atoms with Crippen LogP contribution in [0.4, 0.5) is 26.3 Å². The van der Waals surface area contributed by atoms with Gasteiger partial charge in [-0.3, -0.25) is 0 Å². The molecular weight excluding hydrogens is 398 g/mol. The Balaban J connectivity index is 2.78. The van der Waals surface area contributed by atoms with E-state index in [0.29, 0.717) is 5.75 Å². The molecule has 0 aliphatic carbocycles. The third kappa shape index (κ3) is 4.50. The van der Waals surface area contributed by atoms with Crippen molar-refractivity contribution in [3.05, 3.63) is 29.3 Å². The van der Waals surface area contributed by atoms with Crippen LogP contribution in [-0.2, 0) is 14.3 Å². The van der Waals surface area contributed by atoms with Crippen LogP contribution in [0.15, 0.2) is 18.2 Å². The third-order valence-corrected chi connectivity index (χ3v) is 3.67. The number of ether oxygens (including phenoxy) is 2. The lowest BCUT2D eigenvalue weighted by Gasteiger charge is -2.31. The maximum absolute atomic E-state index is 13.4. The van der Waals surface area contributed by atoms with Crippen LogP contribution in [0, 0.1) is 6.92 Å². The predicted molar refractivity (Wildman–Crippen MR) is 81.6 cm³/mol. The summed E-state index contributed by atoms with van der Waals surface area (Å²) in [5.41, 5.74) is 1.54. The molecule has 0 radical (unpaired) electrons. The van der Waals surface area contributed by atoms with Crippen molar-refractivity contribution in [1.82, 2.24) is 0 Å². The van der Waals surface area contributed by atoms with Crippen molar-refractivity contribution in [2.24, 2.45) is 0 Å². The number of carbonyl (C=O) groups is 2. The van der Waals surface area contributed by atoms with Gasteiger partial charge in [0, 0.05) is 0 Å². The Bertz CT molecular complexity index is 733. The van der Waals surface area contributed by atoms with E-state index in [1.165, 1.54) is 0 Å². The molecule has 1 aromatic rings. The Hall–Kier alpha value is -2.46. The molecule has 0 spiro atoms. The summed E-state index contributed by atoms with van der Waals surface area (Å²) < 4.78 is 87.9. The van der Waals surface area contributed by atoms with Gasteiger partial charge in [0.1, 0.15) is 24.9 Å². The summed E-state index contributed by atoms with van der Waals surface area (Å²) in [6.45, 7) is 3.94. The van der Waals surface area contributed by atoms with E-state index in [9.17, 15) is 41.0 Å². The van der Waals surface area contributed by atoms with Gasteiger partial charge in [0.25, 0.3) is 0 Å². The summed E-state index contributed by atoms with van der Waals surface area (Å²) >= 11 is 0. The fourth-order valence-electron chi connectivity index (χ4n) is 2.07. The van der Waals surface area contributed by atoms with Gasteiger partial charge in [-0.1, -0.05) is 26.0 Å². The zero-order valence-electron chi connectivity index (χ0n) is 15.0. The minimum atomic E-state index is -6.56. The first-order valence-electron chi connectivity index (χ1n) is 7.91. The summed E-state index contributed by atoms with van der Waals surface area (Å²) in [6, 6.07) is 5.15. The molecule has 0 fully saturated rings. The summed E-state index contributed by atoms with van der Waals surface area (Å²) in [4.78, 5) is 21.2. The first-order chi connectivity index (χ1) is 12.7. The van der Waals surface area contributed by atoms with Gasteiger partial charge in [0.05, 0.1) is 0 Å². The minimum Gasteiger partial charge on any atom is -0.544 e. The van der Waals surface area contributed by atoms with E-state index in [1.807, 2.05) is 13.8 Å². The van der Waals surface area contributed by atoms with Crippen molar-refractivity contribution in [3.8, 4) is 5.75 Å². The van der Waals surface area contributed by atoms with Crippen molar-refractivity contribution in [3.63, 3.8) is 0 Å². The van der Waals surface area contributed by atoms with Crippen LogP contribution < -0.4 is 9.84 Å². The fourth-order valence-corrected chi connectivity index (χ4v) is 2.07. The minimum absolute atomic E-state index is 0.0213. The van der Waals surface area contributed by atoms with Crippen LogP contribution in [0.1, 0.15) is 30.9 Å². The number of rotatable bonds is 9. The van der Waals surface area contributed by atoms with Crippen LogP contribution in [0.5, 0.6) is 5.75 Å². The number of aliphatic carboxylic acids is 1. The number of alkyl halides is 6. The van der Waals surface area contributed by atoms with Crippen LogP contribution in [0.2, 0.25) is 0 Å². The molecule has 0 heterocycles. The zero-order chi connectivity index (χ0) is 21.9. The highest BCUT2D eigenvalue weighted by Crippen LogP contribution is 2.46. The first-order valence-corrected chi connectivity index (χ1v) is 7.91. The van der Waals surface area contributed by atoms with Crippen LogP contribution in [0.3, 0.4) is 0 Å². The molecular formula is C17H17F6O5-. The molecule has 1 aromatic carbocycles. The Morgan fingerprint density at radius 3 is 2.11 bits per heavy atom. The smallest absolute Gasteiger partial charge is 0.411 e. The van der Waals surface area contributed by atoms with E-state index in [0.717, 1.165) is 11.1 Å². The van der Waals surface area contributed by atoms with E-state index in [4.69, 9.17) is 4.74 Å². The highest BCUT2D eigenvalue weighted by atomic mass is 19.3. The highest BCUT2D eigenvalue weighted by molar-refractivity contribution is 5.83. The van der Waals surface area contributed by atoms with Crippen molar-refractivity contribution in [2.45, 2.75) is 44.5 Å². The maximum Gasteiger partial charge on any atom is 0.411 e. The second-order valence-electron chi connectivity index (χ2n) is 6.19. The molecule has 28 heavy (non-hydrogen) atoms. The standard InChI is InChI=1S/C17H18F6O5/c1-9(2)11-5-4-10(3)8-12(11)27-6-7-28-14(26)16(20,21)17(22,23)15(18,19)13(24)25/h4-5,8-9H,6-7H2,1-3H3,(H,24,25)/p-1. The molecule has 0 aromatic heterocycles. The molecule has 0 unspecified atom stereocenters. The average Bonchev–Trinajstić information content (AvgIpc) is 2.57. The van der Waals surface area contributed by atoms with E-state index in [2.05, 4.69) is 4.74 Å². The SMILES string of the molecule is Cc1ccc(C(C)C)c(OCCOC(=O)C(F)(F)C(F)(F)C(F)(F)C(=O)[O-])c1. The summed E-state index contributed by atoms with van der Waals surface area (Å²) in [5, 5.41) is 10.0. The van der Waals surface area contributed by atoms with E-state index in [1.54, 1.807) is 25.1 Å². The number of carboxylic acid groups (broad SMARTS) is 1. The molecule has 0 N–H and O–H groups in total. The molecule has 1 rings (SSSR count). The van der Waals surface area contributed by atoms with Gasteiger partial charge >= 0.3 is 23.7 Å². The lowest BCUT2D eigenvalue weighted by molar-refractivity contribution is -0.366. The monoisotopic (exact) mass is 415 g/mol. The summed E-state index contributed by atoms with van der Waals surface area (Å²) in [7, 11) is 0. The van der Waals surface area contributed by atoms with Crippen molar-refractivity contribution >= 4 is 11.9 Å². The van der Waals surface area contributed by atoms with Crippen LogP contribution in [-0.4, -0.2) is 42.9 Å². The van der Waals surface area contributed by atoms with Crippen molar-refractivity contribution in [2.75, 3.05) is 13.2 Å². The van der Waals surface area contributed by atoms with Gasteiger partial charge in [-0.2, -0.15) is 26.3 Å². The third-order valence-electron chi connectivity index (χ3n) is 3.67. The van der Waals surface area contributed by atoms with Gasteiger partial charge in [0.15, 0.2) is 0 Å². The lowest BCUT2D eigenvalue weighted by Crippen LogP contribution is -2.64. The van der Waals surface area contributed by atoms with Gasteiger partial charge in [-0.15, -0.1) is 0 Å². The molecule has 0 aliphatic rings. The summed E-state index contributed by atoms with van der Waals surface area (Å²) in [5.74, 6) is -25.4. The largest absolute Gasteiger partial charge is 0.544 e. The Morgan fingerprint density at radius 2 is 1.61 bits per heavy atom. The van der Waals surface area contributed by atoms with E-state index >= 15 is 0 Å². The number of hydrogen-bond acceptors (Lipinski definition) is 5. The number of hydrogen-bond donors (Lipinski definition) is 0. The van der Waals surface area contributed by atoms with Gasteiger partial charge in [-0.05, 0) is 30.0 Å². The van der Waals surface area contributed by atoms with Gasteiger partial charge in [-0.25, -0.2) is 4.79 Å². The molecule has 5 nitrogen and oxygen atoms in total. The Labute approximate surface area is 156 Å². The van der Waals surface area contributed by atoms with Crippen molar-refractivity contribution in [1.29, 1.82) is 0 Å². The highest BCUT2D eigenvalue weighted by Gasteiger charge is 2.76. The van der Waals surface area contributed by atoms with Crippen molar-refractivity contribution < 1.29 is 50.5 Å². The number of halogens is 6. The Kier molecular flexibility index (Phi) is 6.97. The molecule has 0 bridgehead atoms. The summed E-state index contributed by atoms with van der Waals surface area (Å²) in [6.07, 6.45) is 0. The number of carboxylic acids is 1. The molecule has 11 heteroatoms. The van der Waals surface area contributed by atoms with Crippen LogP contribution >= 0.6 is 0 Å². The molecule has 0 saturated carbocycles. The quantitative estimate of drug-likeness (QED) is 0.352. The zero-order valence-corrected chi connectivity index (χ0v) is 15.0. The Morgan fingerprint density at radius 1 is 1.04 bits per heavy atom. The molecule has 0 atom stereocenters. The van der Waals surface area contributed by atoms with E-state index in [-0.39, 0.29) is 5.92 Å². The number of aryl methyl sites for hydroxylation is 1. The molecule has 0 amide bonds. The second-order valence-corrected chi connectivity index (χ2v) is 6.19.